The Morgan fingerprint density at radius 3 is 2.32 bits per heavy atom. The van der Waals surface area contributed by atoms with Gasteiger partial charge in [0, 0.05) is 11.8 Å². The van der Waals surface area contributed by atoms with Crippen molar-refractivity contribution in [1.29, 1.82) is 0 Å². The SMILES string of the molecule is CCOc1ccc([Si](C)(C)CSCc2cccc(Oc3ccccc3)n2)cc1. The third-order valence-corrected chi connectivity index (χ3v) is 10.5. The predicted molar refractivity (Wildman–Crippen MR) is 122 cm³/mol. The third kappa shape index (κ3) is 5.88. The minimum Gasteiger partial charge on any atom is -0.494 e. The van der Waals surface area contributed by atoms with Gasteiger partial charge in [-0.05, 0) is 42.6 Å². The monoisotopic (exact) mass is 409 g/mol. The van der Waals surface area contributed by atoms with E-state index in [-0.39, 0.29) is 0 Å². The van der Waals surface area contributed by atoms with Gasteiger partial charge in [-0.15, -0.1) is 0 Å². The van der Waals surface area contributed by atoms with Crippen LogP contribution >= 0.6 is 11.8 Å². The van der Waals surface area contributed by atoms with Crippen molar-refractivity contribution in [3.05, 3.63) is 78.5 Å². The molecule has 0 N–H and O–H groups in total. The number of pyridine rings is 1. The highest BCUT2D eigenvalue weighted by molar-refractivity contribution is 8.00. The van der Waals surface area contributed by atoms with E-state index in [1.165, 1.54) is 5.19 Å². The van der Waals surface area contributed by atoms with Crippen LogP contribution in [0.2, 0.25) is 13.1 Å². The van der Waals surface area contributed by atoms with Gasteiger partial charge in [-0.25, -0.2) is 4.98 Å². The van der Waals surface area contributed by atoms with Crippen LogP contribution in [0.4, 0.5) is 0 Å². The fraction of sp³-hybridized carbons (Fsp3) is 0.261. The first kappa shape index (κ1) is 20.5. The van der Waals surface area contributed by atoms with Crippen molar-refractivity contribution in [2.45, 2.75) is 25.8 Å². The maximum absolute atomic E-state index is 5.84. The Bertz CT molecular complexity index is 869. The summed E-state index contributed by atoms with van der Waals surface area (Å²) in [6, 6.07) is 24.4. The van der Waals surface area contributed by atoms with E-state index in [1.54, 1.807) is 0 Å². The molecule has 0 spiro atoms. The second-order valence-corrected chi connectivity index (χ2v) is 13.4. The van der Waals surface area contributed by atoms with E-state index in [0.29, 0.717) is 12.5 Å². The molecule has 0 saturated heterocycles. The summed E-state index contributed by atoms with van der Waals surface area (Å²) in [5.74, 6) is 3.29. The zero-order chi connectivity index (χ0) is 19.8. The largest absolute Gasteiger partial charge is 0.494 e. The summed E-state index contributed by atoms with van der Waals surface area (Å²) in [6.45, 7) is 7.54. The molecule has 1 heterocycles. The molecule has 0 saturated carbocycles. The van der Waals surface area contributed by atoms with E-state index >= 15 is 0 Å². The molecular weight excluding hydrogens is 382 g/mol. The molecule has 0 bridgehead atoms. The lowest BCUT2D eigenvalue weighted by Gasteiger charge is -2.22. The zero-order valence-electron chi connectivity index (χ0n) is 16.7. The molecule has 0 atom stereocenters. The molecule has 2 aromatic carbocycles. The molecule has 0 aliphatic heterocycles. The van der Waals surface area contributed by atoms with Gasteiger partial charge < -0.3 is 9.47 Å². The van der Waals surface area contributed by atoms with Crippen molar-refractivity contribution in [2.75, 3.05) is 12.0 Å². The van der Waals surface area contributed by atoms with Crippen LogP contribution < -0.4 is 14.7 Å². The summed E-state index contributed by atoms with van der Waals surface area (Å²) < 4.78 is 11.4. The lowest BCUT2D eigenvalue weighted by atomic mass is 10.3. The molecule has 28 heavy (non-hydrogen) atoms. The van der Waals surface area contributed by atoms with E-state index < -0.39 is 8.07 Å². The molecule has 3 rings (SSSR count). The number of benzene rings is 2. The summed E-state index contributed by atoms with van der Waals surface area (Å²) in [7, 11) is -1.51. The number of ether oxygens (including phenoxy) is 2. The van der Waals surface area contributed by atoms with Gasteiger partial charge in [0.25, 0.3) is 0 Å². The van der Waals surface area contributed by atoms with Crippen molar-refractivity contribution in [3.8, 4) is 17.4 Å². The van der Waals surface area contributed by atoms with E-state index in [2.05, 4.69) is 48.4 Å². The number of hydrogen-bond donors (Lipinski definition) is 0. The molecule has 0 radical (unpaired) electrons. The molecule has 0 unspecified atom stereocenters. The Morgan fingerprint density at radius 1 is 0.857 bits per heavy atom. The van der Waals surface area contributed by atoms with Gasteiger partial charge in [0.1, 0.15) is 11.5 Å². The minimum absolute atomic E-state index is 0.646. The maximum Gasteiger partial charge on any atom is 0.219 e. The molecule has 0 aliphatic rings. The van der Waals surface area contributed by atoms with Crippen molar-refractivity contribution < 1.29 is 9.47 Å². The van der Waals surface area contributed by atoms with Gasteiger partial charge in [0.2, 0.25) is 5.88 Å². The normalized spacial score (nSPS) is 11.2. The summed E-state index contributed by atoms with van der Waals surface area (Å²) in [4.78, 5) is 4.65. The Labute approximate surface area is 173 Å². The zero-order valence-corrected chi connectivity index (χ0v) is 18.5. The van der Waals surface area contributed by atoms with Crippen LogP contribution in [-0.4, -0.2) is 25.0 Å². The molecule has 0 aliphatic carbocycles. The third-order valence-electron chi connectivity index (χ3n) is 4.41. The Hall–Kier alpha value is -2.24. The highest BCUT2D eigenvalue weighted by Crippen LogP contribution is 2.22. The van der Waals surface area contributed by atoms with Crippen LogP contribution in [0.25, 0.3) is 0 Å². The summed E-state index contributed by atoms with van der Waals surface area (Å²) >= 11 is 1.95. The Morgan fingerprint density at radius 2 is 1.61 bits per heavy atom. The van der Waals surface area contributed by atoms with Crippen LogP contribution in [0.1, 0.15) is 12.6 Å². The molecule has 3 aromatic rings. The number of rotatable bonds is 9. The van der Waals surface area contributed by atoms with Gasteiger partial charge in [-0.1, -0.05) is 54.7 Å². The van der Waals surface area contributed by atoms with E-state index in [4.69, 9.17) is 9.47 Å². The molecule has 0 amide bonds. The van der Waals surface area contributed by atoms with Gasteiger partial charge in [-0.3, -0.25) is 0 Å². The highest BCUT2D eigenvalue weighted by Gasteiger charge is 2.23. The lowest BCUT2D eigenvalue weighted by molar-refractivity contribution is 0.340. The van der Waals surface area contributed by atoms with Crippen molar-refractivity contribution in [1.82, 2.24) is 4.98 Å². The second kappa shape index (κ2) is 9.80. The van der Waals surface area contributed by atoms with Crippen molar-refractivity contribution in [2.24, 2.45) is 0 Å². The fourth-order valence-electron chi connectivity index (χ4n) is 2.87. The second-order valence-electron chi connectivity index (χ2n) is 7.22. The molecule has 5 heteroatoms. The smallest absolute Gasteiger partial charge is 0.219 e. The lowest BCUT2D eigenvalue weighted by Crippen LogP contribution is -2.44. The van der Waals surface area contributed by atoms with Crippen LogP contribution in [0, 0.1) is 0 Å². The fourth-order valence-corrected chi connectivity index (χ4v) is 7.42. The quantitative estimate of drug-likeness (QED) is 0.427. The molecule has 146 valence electrons. The molecular formula is C23H27NO2SSi. The van der Waals surface area contributed by atoms with Crippen molar-refractivity contribution >= 4 is 25.0 Å². The topological polar surface area (TPSA) is 31.4 Å². The molecule has 3 nitrogen and oxygen atoms in total. The number of nitrogens with zero attached hydrogens (tertiary/aromatic N) is 1. The number of para-hydroxylation sites is 1. The Kier molecular flexibility index (Phi) is 7.17. The van der Waals surface area contributed by atoms with Gasteiger partial charge in [-0.2, -0.15) is 11.8 Å². The number of hydrogen-bond acceptors (Lipinski definition) is 4. The Balaban J connectivity index is 1.55. The van der Waals surface area contributed by atoms with Gasteiger partial charge in [0.05, 0.1) is 20.4 Å². The van der Waals surface area contributed by atoms with Gasteiger partial charge in [0.15, 0.2) is 0 Å². The van der Waals surface area contributed by atoms with Crippen LogP contribution in [-0.2, 0) is 5.75 Å². The van der Waals surface area contributed by atoms with Gasteiger partial charge >= 0.3 is 0 Å². The summed E-state index contributed by atoms with van der Waals surface area (Å²) in [5, 5.41) is 2.60. The number of aromatic nitrogens is 1. The van der Waals surface area contributed by atoms with E-state index in [9.17, 15) is 0 Å². The van der Waals surface area contributed by atoms with Crippen LogP contribution in [0.15, 0.2) is 72.8 Å². The average molecular weight is 410 g/mol. The standard InChI is InChI=1S/C23H27NO2SSi/c1-4-25-20-13-15-22(16-14-20)28(2,3)18-27-17-19-9-8-12-23(24-19)26-21-10-6-5-7-11-21/h5-16H,4,17-18H2,1-3H3. The first-order valence-electron chi connectivity index (χ1n) is 9.57. The summed E-state index contributed by atoms with van der Waals surface area (Å²) in [5.41, 5.74) is 1.05. The predicted octanol–water partition coefficient (Wildman–Crippen LogP) is 5.66. The number of thioether (sulfide) groups is 1. The van der Waals surface area contributed by atoms with E-state index in [0.717, 1.165) is 28.3 Å². The first-order chi connectivity index (χ1) is 13.6. The first-order valence-corrected chi connectivity index (χ1v) is 13.9. The van der Waals surface area contributed by atoms with E-state index in [1.807, 2.05) is 61.2 Å². The average Bonchev–Trinajstić information content (AvgIpc) is 2.70. The van der Waals surface area contributed by atoms with Crippen LogP contribution in [0.5, 0.6) is 17.4 Å². The highest BCUT2D eigenvalue weighted by atomic mass is 32.2. The van der Waals surface area contributed by atoms with Crippen molar-refractivity contribution in [3.63, 3.8) is 0 Å². The molecule has 0 fully saturated rings. The summed E-state index contributed by atoms with van der Waals surface area (Å²) in [6.07, 6.45) is 0. The molecule has 1 aromatic heterocycles. The van der Waals surface area contributed by atoms with Crippen LogP contribution in [0.3, 0.4) is 0 Å². The maximum atomic E-state index is 5.84. The minimum atomic E-state index is -1.51.